The number of nitrogens with zero attached hydrogens (tertiary/aromatic N) is 2. The summed E-state index contributed by atoms with van der Waals surface area (Å²) in [6, 6.07) is 21.3. The van der Waals surface area contributed by atoms with Crippen LogP contribution in [0.25, 0.3) is 17.0 Å². The Hall–Kier alpha value is -4.17. The highest BCUT2D eigenvalue weighted by Crippen LogP contribution is 2.19. The fourth-order valence-corrected chi connectivity index (χ4v) is 4.46. The number of benzene rings is 3. The van der Waals surface area contributed by atoms with Crippen molar-refractivity contribution in [3.05, 3.63) is 100 Å². The summed E-state index contributed by atoms with van der Waals surface area (Å²) in [6.07, 6.45) is 3.22. The van der Waals surface area contributed by atoms with E-state index in [-0.39, 0.29) is 23.0 Å². The lowest BCUT2D eigenvalue weighted by Crippen LogP contribution is -2.23. The van der Waals surface area contributed by atoms with E-state index in [4.69, 9.17) is 4.74 Å². The van der Waals surface area contributed by atoms with Crippen molar-refractivity contribution in [1.29, 1.82) is 0 Å². The van der Waals surface area contributed by atoms with E-state index in [1.807, 2.05) is 37.3 Å². The summed E-state index contributed by atoms with van der Waals surface area (Å²) in [5, 5.41) is 3.86. The highest BCUT2D eigenvalue weighted by atomic mass is 32.2. The van der Waals surface area contributed by atoms with Crippen LogP contribution in [0, 0.1) is 0 Å². The van der Waals surface area contributed by atoms with Crippen LogP contribution in [-0.4, -0.2) is 34.1 Å². The summed E-state index contributed by atoms with van der Waals surface area (Å²) >= 11 is 1.20. The van der Waals surface area contributed by atoms with Gasteiger partial charge in [0, 0.05) is 17.8 Å². The topological polar surface area (TPSA) is 90.3 Å². The molecule has 0 radical (unpaired) electrons. The average Bonchev–Trinajstić information content (AvgIpc) is 2.91. The zero-order valence-electron chi connectivity index (χ0n) is 19.9. The van der Waals surface area contributed by atoms with E-state index in [1.165, 1.54) is 17.8 Å². The van der Waals surface area contributed by atoms with Crippen LogP contribution >= 0.6 is 11.8 Å². The van der Waals surface area contributed by atoms with E-state index < -0.39 is 0 Å². The second kappa shape index (κ2) is 11.5. The lowest BCUT2D eigenvalue weighted by Gasteiger charge is -2.11. The number of anilines is 1. The largest absolute Gasteiger partial charge is 0.497 e. The molecule has 0 aliphatic carbocycles. The minimum atomic E-state index is -0.261. The molecule has 1 aromatic heterocycles. The predicted molar refractivity (Wildman–Crippen MR) is 144 cm³/mol. The molecule has 4 aromatic rings. The number of ether oxygens (including phenoxy) is 1. The first-order valence-corrected chi connectivity index (χ1v) is 12.4. The van der Waals surface area contributed by atoms with Crippen molar-refractivity contribution in [1.82, 2.24) is 9.55 Å². The summed E-state index contributed by atoms with van der Waals surface area (Å²) in [4.78, 5) is 42.6. The molecule has 36 heavy (non-hydrogen) atoms. The van der Waals surface area contributed by atoms with Crippen molar-refractivity contribution in [2.24, 2.45) is 0 Å². The smallest absolute Gasteiger partial charge is 0.262 e. The molecule has 1 heterocycles. The Morgan fingerprint density at radius 1 is 1.06 bits per heavy atom. The molecule has 8 heteroatoms. The average molecular weight is 500 g/mol. The number of fused-ring (bicyclic) bond motifs is 1. The summed E-state index contributed by atoms with van der Waals surface area (Å²) < 4.78 is 6.70. The quantitative estimate of drug-likeness (QED) is 0.150. The lowest BCUT2D eigenvalue weighted by atomic mass is 10.1. The Morgan fingerprint density at radius 3 is 2.58 bits per heavy atom. The summed E-state index contributed by atoms with van der Waals surface area (Å²) in [5.41, 5.74) is 2.33. The molecule has 0 aliphatic rings. The Morgan fingerprint density at radius 2 is 1.83 bits per heavy atom. The maximum absolute atomic E-state index is 12.8. The van der Waals surface area contributed by atoms with Gasteiger partial charge in [0.25, 0.3) is 5.56 Å². The summed E-state index contributed by atoms with van der Waals surface area (Å²) in [7, 11) is 1.60. The highest BCUT2D eigenvalue weighted by molar-refractivity contribution is 7.99. The maximum Gasteiger partial charge on any atom is 0.262 e. The van der Waals surface area contributed by atoms with Crippen LogP contribution in [0.4, 0.5) is 5.69 Å². The number of ketones is 1. The van der Waals surface area contributed by atoms with E-state index in [0.717, 1.165) is 11.3 Å². The van der Waals surface area contributed by atoms with Gasteiger partial charge in [-0.05, 0) is 55.0 Å². The summed E-state index contributed by atoms with van der Waals surface area (Å²) in [6.45, 7) is 2.32. The van der Waals surface area contributed by atoms with Crippen LogP contribution in [0.2, 0.25) is 0 Å². The number of para-hydroxylation sites is 1. The van der Waals surface area contributed by atoms with Crippen molar-refractivity contribution in [3.8, 4) is 5.75 Å². The number of methoxy groups -OCH3 is 1. The van der Waals surface area contributed by atoms with Gasteiger partial charge in [-0.15, -0.1) is 0 Å². The van der Waals surface area contributed by atoms with Crippen LogP contribution in [-0.2, 0) is 11.3 Å². The molecule has 3 aromatic carbocycles. The number of allylic oxidation sites excluding steroid dienone is 1. The monoisotopic (exact) mass is 499 g/mol. The fraction of sp³-hybridized carbons (Fsp3) is 0.143. The first kappa shape index (κ1) is 24.9. The zero-order valence-corrected chi connectivity index (χ0v) is 20.7. The Labute approximate surface area is 212 Å². The first-order chi connectivity index (χ1) is 17.5. The molecule has 0 saturated heterocycles. The van der Waals surface area contributed by atoms with Crippen LogP contribution in [0.15, 0.2) is 88.8 Å². The standard InChI is InChI=1S/C28H25N3O4S/c1-3-31-27(34)23-9-4-5-10-24(23)30-28(31)36-18-26(33)29-21-8-6-7-20(17-21)25(32)16-13-19-11-14-22(35-2)15-12-19/h4-17H,3,18H2,1-2H3,(H,29,33)/b16-13+. The molecule has 182 valence electrons. The van der Waals surface area contributed by atoms with Gasteiger partial charge >= 0.3 is 0 Å². The number of aromatic nitrogens is 2. The third-order valence-corrected chi connectivity index (χ3v) is 6.43. The lowest BCUT2D eigenvalue weighted by molar-refractivity contribution is -0.113. The van der Waals surface area contributed by atoms with Gasteiger partial charge in [-0.2, -0.15) is 0 Å². The predicted octanol–water partition coefficient (Wildman–Crippen LogP) is 5.05. The molecule has 1 amide bonds. The van der Waals surface area contributed by atoms with E-state index in [0.29, 0.717) is 33.9 Å². The van der Waals surface area contributed by atoms with Crippen molar-refractivity contribution < 1.29 is 14.3 Å². The Kier molecular flexibility index (Phi) is 7.97. The van der Waals surface area contributed by atoms with Crippen molar-refractivity contribution in [2.75, 3.05) is 18.2 Å². The van der Waals surface area contributed by atoms with Gasteiger partial charge in [-0.3, -0.25) is 19.0 Å². The molecular weight excluding hydrogens is 474 g/mol. The number of nitrogens with one attached hydrogen (secondary N) is 1. The number of hydrogen-bond acceptors (Lipinski definition) is 6. The zero-order chi connectivity index (χ0) is 25.5. The molecule has 7 nitrogen and oxygen atoms in total. The van der Waals surface area contributed by atoms with Crippen LogP contribution in [0.3, 0.4) is 0 Å². The van der Waals surface area contributed by atoms with Crippen molar-refractivity contribution >= 4 is 46.1 Å². The van der Waals surface area contributed by atoms with Crippen LogP contribution in [0.5, 0.6) is 5.75 Å². The van der Waals surface area contributed by atoms with Crippen LogP contribution in [0.1, 0.15) is 22.8 Å². The highest BCUT2D eigenvalue weighted by Gasteiger charge is 2.13. The molecule has 0 spiro atoms. The minimum absolute atomic E-state index is 0.0698. The second-order valence-corrected chi connectivity index (χ2v) is 8.79. The van der Waals surface area contributed by atoms with Gasteiger partial charge < -0.3 is 10.1 Å². The first-order valence-electron chi connectivity index (χ1n) is 11.4. The fourth-order valence-electron chi connectivity index (χ4n) is 3.60. The van der Waals surface area contributed by atoms with Gasteiger partial charge in [0.05, 0.1) is 23.8 Å². The molecular formula is C28H25N3O4S. The van der Waals surface area contributed by atoms with Gasteiger partial charge in [-0.1, -0.05) is 54.2 Å². The van der Waals surface area contributed by atoms with Gasteiger partial charge in [-0.25, -0.2) is 4.98 Å². The second-order valence-electron chi connectivity index (χ2n) is 7.85. The molecule has 0 aliphatic heterocycles. The Bertz CT molecular complexity index is 1490. The van der Waals surface area contributed by atoms with Gasteiger partial charge in [0.1, 0.15) is 5.75 Å². The van der Waals surface area contributed by atoms with Crippen molar-refractivity contribution in [3.63, 3.8) is 0 Å². The normalized spacial score (nSPS) is 11.1. The molecule has 0 unspecified atom stereocenters. The summed E-state index contributed by atoms with van der Waals surface area (Å²) in [5.74, 6) is 0.377. The number of amides is 1. The molecule has 0 atom stereocenters. The number of carbonyl (C=O) groups is 2. The third-order valence-electron chi connectivity index (χ3n) is 5.45. The molecule has 0 saturated carbocycles. The third kappa shape index (κ3) is 5.90. The number of rotatable bonds is 9. The van der Waals surface area contributed by atoms with E-state index in [2.05, 4.69) is 10.3 Å². The molecule has 4 rings (SSSR count). The van der Waals surface area contributed by atoms with Crippen molar-refractivity contribution in [2.45, 2.75) is 18.6 Å². The number of thioether (sulfide) groups is 1. The number of hydrogen-bond donors (Lipinski definition) is 1. The van der Waals surface area contributed by atoms with E-state index in [9.17, 15) is 14.4 Å². The van der Waals surface area contributed by atoms with Crippen LogP contribution < -0.4 is 15.6 Å². The van der Waals surface area contributed by atoms with E-state index in [1.54, 1.807) is 60.2 Å². The van der Waals surface area contributed by atoms with Gasteiger partial charge in [0.15, 0.2) is 10.9 Å². The number of carbonyl (C=O) groups excluding carboxylic acids is 2. The SMILES string of the molecule is CCn1c(SCC(=O)Nc2cccc(C(=O)/C=C/c3ccc(OC)cc3)c2)nc2ccccc2c1=O. The maximum atomic E-state index is 12.8. The molecule has 0 bridgehead atoms. The van der Waals surface area contributed by atoms with Gasteiger partial charge in [0.2, 0.25) is 5.91 Å². The minimum Gasteiger partial charge on any atom is -0.497 e. The molecule has 0 fully saturated rings. The molecule has 1 N–H and O–H groups in total. The van der Waals surface area contributed by atoms with E-state index >= 15 is 0 Å². The Balaban J connectivity index is 1.41.